The van der Waals surface area contributed by atoms with Crippen molar-refractivity contribution in [1.29, 1.82) is 0 Å². The third-order valence-electron chi connectivity index (χ3n) is 7.28. The Bertz CT molecular complexity index is 686. The van der Waals surface area contributed by atoms with Gasteiger partial charge in [0.25, 0.3) is 0 Å². The zero-order valence-corrected chi connectivity index (χ0v) is 18.9. The summed E-state index contributed by atoms with van der Waals surface area (Å²) in [6, 6.07) is 0.301. The highest BCUT2D eigenvalue weighted by Gasteiger charge is 2.36. The third kappa shape index (κ3) is 5.97. The van der Waals surface area contributed by atoms with E-state index in [1.54, 1.807) is 7.11 Å². The van der Waals surface area contributed by atoms with Crippen LogP contribution in [0.3, 0.4) is 0 Å². The van der Waals surface area contributed by atoms with E-state index in [1.807, 2.05) is 6.08 Å². The third-order valence-corrected chi connectivity index (χ3v) is 7.65. The monoisotopic (exact) mass is 456 g/mol. The molecule has 0 aromatic carbocycles. The molecule has 0 amide bonds. The summed E-state index contributed by atoms with van der Waals surface area (Å²) in [5.74, 6) is 0.294. The van der Waals surface area contributed by atoms with E-state index >= 15 is 0 Å². The standard InChI is InChI=1S/C24H35ClF2N2O2/c1-30-22-12-18(8-11-21(22)31-14-15-2-9-19(25)10-3-15)20-13-28-24(29-20)17-6-4-16(5-7-17)23(26)27/h2,6,8-9,11,15-16,18-24,28-29H,3-5,7,10,12-14H2,1H3/t15-,16-,18-,19+,20?,21+,22?,24+/m0/s1. The Balaban J connectivity index is 1.28. The minimum atomic E-state index is -2.21. The Hall–Kier alpha value is -0.790. The van der Waals surface area contributed by atoms with Crippen LogP contribution in [0.1, 0.15) is 38.5 Å². The van der Waals surface area contributed by atoms with Crippen LogP contribution >= 0.6 is 11.6 Å². The van der Waals surface area contributed by atoms with Crippen molar-refractivity contribution >= 4 is 11.6 Å². The average molecular weight is 457 g/mol. The van der Waals surface area contributed by atoms with Crippen molar-refractivity contribution in [2.45, 2.75) is 74.7 Å². The summed E-state index contributed by atoms with van der Waals surface area (Å²) in [4.78, 5) is 0. The number of ether oxygens (including phenoxy) is 2. The second kappa shape index (κ2) is 10.9. The summed E-state index contributed by atoms with van der Waals surface area (Å²) in [5.41, 5.74) is 1.23. The molecule has 0 aromatic heterocycles. The van der Waals surface area contributed by atoms with Gasteiger partial charge in [-0.1, -0.05) is 30.4 Å². The van der Waals surface area contributed by atoms with E-state index in [2.05, 4.69) is 34.9 Å². The van der Waals surface area contributed by atoms with Crippen molar-refractivity contribution in [2.75, 3.05) is 20.3 Å². The highest BCUT2D eigenvalue weighted by molar-refractivity contribution is 6.21. The lowest BCUT2D eigenvalue weighted by Crippen LogP contribution is -2.43. The molecule has 2 unspecified atom stereocenters. The number of nitrogens with one attached hydrogen (secondary N) is 2. The Kier molecular flexibility index (Phi) is 8.21. The van der Waals surface area contributed by atoms with Crippen molar-refractivity contribution < 1.29 is 18.3 Å². The molecule has 31 heavy (non-hydrogen) atoms. The van der Waals surface area contributed by atoms with E-state index in [0.29, 0.717) is 37.3 Å². The van der Waals surface area contributed by atoms with Crippen molar-refractivity contribution in [1.82, 2.24) is 10.6 Å². The van der Waals surface area contributed by atoms with Crippen LogP contribution in [-0.4, -0.2) is 56.5 Å². The minimum Gasteiger partial charge on any atom is -0.378 e. The van der Waals surface area contributed by atoms with Crippen LogP contribution in [0.5, 0.6) is 0 Å². The van der Waals surface area contributed by atoms with Gasteiger partial charge >= 0.3 is 0 Å². The molecule has 4 nitrogen and oxygen atoms in total. The predicted octanol–water partition coefficient (Wildman–Crippen LogP) is 4.42. The van der Waals surface area contributed by atoms with Crippen LogP contribution < -0.4 is 10.6 Å². The topological polar surface area (TPSA) is 42.5 Å². The van der Waals surface area contributed by atoms with Crippen molar-refractivity contribution in [2.24, 2.45) is 17.8 Å². The fourth-order valence-corrected chi connectivity index (χ4v) is 5.43. The molecule has 4 rings (SSSR count). The summed E-state index contributed by atoms with van der Waals surface area (Å²) >= 11 is 6.13. The van der Waals surface area contributed by atoms with Gasteiger partial charge in [-0.05, 0) is 50.0 Å². The maximum atomic E-state index is 12.9. The number of allylic oxidation sites excluding steroid dienone is 2. The molecular weight excluding hydrogens is 422 g/mol. The van der Waals surface area contributed by atoms with Crippen LogP contribution in [0.15, 0.2) is 36.0 Å². The lowest BCUT2D eigenvalue weighted by molar-refractivity contribution is -0.0534. The van der Waals surface area contributed by atoms with E-state index in [0.717, 1.165) is 32.2 Å². The number of hydrogen-bond acceptors (Lipinski definition) is 4. The minimum absolute atomic E-state index is 0.0270. The number of alkyl halides is 3. The molecular formula is C24H35ClF2N2O2. The molecule has 0 saturated carbocycles. The number of hydrogen-bond donors (Lipinski definition) is 2. The van der Waals surface area contributed by atoms with Gasteiger partial charge in [-0.25, -0.2) is 8.78 Å². The normalized spacial score (nSPS) is 41.0. The zero-order chi connectivity index (χ0) is 21.8. The van der Waals surface area contributed by atoms with Gasteiger partial charge in [0.15, 0.2) is 0 Å². The van der Waals surface area contributed by atoms with Gasteiger partial charge in [0.2, 0.25) is 6.43 Å². The summed E-state index contributed by atoms with van der Waals surface area (Å²) < 4.78 is 37.8. The van der Waals surface area contributed by atoms with E-state index in [-0.39, 0.29) is 23.8 Å². The quantitative estimate of drug-likeness (QED) is 0.439. The molecule has 0 bridgehead atoms. The fraction of sp³-hybridized carbons (Fsp3) is 0.750. The summed E-state index contributed by atoms with van der Waals surface area (Å²) in [7, 11) is 1.76. The van der Waals surface area contributed by atoms with Gasteiger partial charge in [-0.3, -0.25) is 10.6 Å². The van der Waals surface area contributed by atoms with Gasteiger partial charge < -0.3 is 9.47 Å². The van der Waals surface area contributed by atoms with Gasteiger partial charge in [-0.2, -0.15) is 0 Å². The van der Waals surface area contributed by atoms with Gasteiger partial charge in [-0.15, -0.1) is 11.6 Å². The van der Waals surface area contributed by atoms with E-state index in [9.17, 15) is 8.78 Å². The molecule has 1 heterocycles. The molecule has 0 spiro atoms. The van der Waals surface area contributed by atoms with Crippen molar-refractivity contribution in [3.05, 3.63) is 36.0 Å². The molecule has 8 atom stereocenters. The van der Waals surface area contributed by atoms with Crippen LogP contribution in [0, 0.1) is 17.8 Å². The Morgan fingerprint density at radius 3 is 2.71 bits per heavy atom. The van der Waals surface area contributed by atoms with Crippen LogP contribution in [0.2, 0.25) is 0 Å². The van der Waals surface area contributed by atoms with Crippen LogP contribution in [0.4, 0.5) is 8.78 Å². The first-order valence-corrected chi connectivity index (χ1v) is 12.1. The predicted molar refractivity (Wildman–Crippen MR) is 119 cm³/mol. The van der Waals surface area contributed by atoms with Crippen molar-refractivity contribution in [3.8, 4) is 0 Å². The van der Waals surface area contributed by atoms with Crippen molar-refractivity contribution in [3.63, 3.8) is 0 Å². The first-order chi connectivity index (χ1) is 15.0. The summed E-state index contributed by atoms with van der Waals surface area (Å²) in [6.07, 6.45) is 13.3. The molecule has 0 radical (unpaired) electrons. The number of rotatable bonds is 7. The van der Waals surface area contributed by atoms with E-state index < -0.39 is 12.3 Å². The Morgan fingerprint density at radius 2 is 2.03 bits per heavy atom. The van der Waals surface area contributed by atoms with Gasteiger partial charge in [0, 0.05) is 31.5 Å². The molecule has 174 valence electrons. The molecule has 3 aliphatic carbocycles. The van der Waals surface area contributed by atoms with Crippen LogP contribution in [-0.2, 0) is 9.47 Å². The number of methoxy groups -OCH3 is 1. The zero-order valence-electron chi connectivity index (χ0n) is 18.2. The maximum absolute atomic E-state index is 12.9. The first-order valence-electron chi connectivity index (χ1n) is 11.6. The molecule has 0 aromatic rings. The first kappa shape index (κ1) is 23.4. The molecule has 7 heteroatoms. The average Bonchev–Trinajstić information content (AvgIpc) is 3.29. The highest BCUT2D eigenvalue weighted by Crippen LogP contribution is 2.32. The maximum Gasteiger partial charge on any atom is 0.241 e. The molecule has 2 N–H and O–H groups in total. The second-order valence-corrected chi connectivity index (χ2v) is 9.92. The lowest BCUT2D eigenvalue weighted by atomic mass is 9.86. The lowest BCUT2D eigenvalue weighted by Gasteiger charge is -2.34. The summed E-state index contributed by atoms with van der Waals surface area (Å²) in [5, 5.41) is 7.39. The Morgan fingerprint density at radius 1 is 1.16 bits per heavy atom. The molecule has 4 aliphatic rings. The van der Waals surface area contributed by atoms with Gasteiger partial charge in [0.05, 0.1) is 24.3 Å². The van der Waals surface area contributed by atoms with E-state index in [1.165, 1.54) is 5.57 Å². The second-order valence-electron chi connectivity index (χ2n) is 9.36. The molecule has 1 aliphatic heterocycles. The highest BCUT2D eigenvalue weighted by atomic mass is 35.5. The number of halogens is 3. The smallest absolute Gasteiger partial charge is 0.241 e. The largest absolute Gasteiger partial charge is 0.378 e. The molecule has 1 saturated heterocycles. The van der Waals surface area contributed by atoms with Crippen LogP contribution in [0.25, 0.3) is 0 Å². The Labute approximate surface area is 189 Å². The van der Waals surface area contributed by atoms with E-state index in [4.69, 9.17) is 21.1 Å². The molecule has 1 fully saturated rings. The summed E-state index contributed by atoms with van der Waals surface area (Å²) in [6.45, 7) is 1.56. The van der Waals surface area contributed by atoms with Gasteiger partial charge in [0.1, 0.15) is 6.10 Å². The fourth-order valence-electron chi connectivity index (χ4n) is 5.22. The SMILES string of the molecule is COC1C[C@@H](C2CN[C@@H](C3=CC[C@H](C(F)F)CC3)N2)C=C[C@H]1OC[C@H]1C=C[C@@H](Cl)CC1.